The topological polar surface area (TPSA) is 43.8 Å². The minimum absolute atomic E-state index is 0.302. The van der Waals surface area contributed by atoms with E-state index >= 15 is 0 Å². The highest BCUT2D eigenvalue weighted by molar-refractivity contribution is 5.76. The molecule has 20 heavy (non-hydrogen) atoms. The molecule has 0 bridgehead atoms. The van der Waals surface area contributed by atoms with E-state index in [9.17, 15) is 0 Å². The fourth-order valence-electron chi connectivity index (χ4n) is 2.80. The molecule has 0 spiro atoms. The number of benzene rings is 1. The molecule has 0 fully saturated rings. The average Bonchev–Trinajstić information content (AvgIpc) is 2.78. The Hall–Kier alpha value is -1.35. The molecule has 0 radical (unpaired) electrons. The standard InChI is InChI=1S/C17H27N3/c1-4-12-20-16-11-6-5-10-15(16)19-17(20)13(2)8-7-9-14(3)18/h5-6,10-11,13-14H,4,7-9,12,18H2,1-3H3. The molecule has 0 amide bonds. The molecule has 2 atom stereocenters. The molecule has 1 aromatic heterocycles. The van der Waals surface area contributed by atoms with E-state index < -0.39 is 0 Å². The molecule has 2 N–H and O–H groups in total. The van der Waals surface area contributed by atoms with Crippen LogP contribution >= 0.6 is 0 Å². The summed E-state index contributed by atoms with van der Waals surface area (Å²) in [5.41, 5.74) is 8.22. The van der Waals surface area contributed by atoms with Crippen molar-refractivity contribution in [1.29, 1.82) is 0 Å². The second kappa shape index (κ2) is 6.89. The van der Waals surface area contributed by atoms with Crippen LogP contribution in [0.25, 0.3) is 11.0 Å². The van der Waals surface area contributed by atoms with Gasteiger partial charge in [-0.25, -0.2) is 4.98 Å². The maximum Gasteiger partial charge on any atom is 0.112 e. The first kappa shape index (κ1) is 15.0. The Kier molecular flexibility index (Phi) is 5.18. The monoisotopic (exact) mass is 273 g/mol. The third-order valence-corrected chi connectivity index (χ3v) is 3.87. The Bertz CT molecular complexity index is 542. The number of para-hydroxylation sites is 2. The first-order valence-corrected chi connectivity index (χ1v) is 7.84. The maximum absolute atomic E-state index is 5.84. The van der Waals surface area contributed by atoms with Crippen LogP contribution in [-0.4, -0.2) is 15.6 Å². The summed E-state index contributed by atoms with van der Waals surface area (Å²) in [6.45, 7) is 7.64. The lowest BCUT2D eigenvalue weighted by atomic mass is 10.0. The second-order valence-corrected chi connectivity index (χ2v) is 5.92. The van der Waals surface area contributed by atoms with Crippen LogP contribution < -0.4 is 5.73 Å². The van der Waals surface area contributed by atoms with Crippen molar-refractivity contribution in [2.75, 3.05) is 0 Å². The highest BCUT2D eigenvalue weighted by atomic mass is 15.1. The Morgan fingerprint density at radius 2 is 1.95 bits per heavy atom. The summed E-state index contributed by atoms with van der Waals surface area (Å²) in [4.78, 5) is 4.86. The van der Waals surface area contributed by atoms with Gasteiger partial charge in [-0.1, -0.05) is 32.4 Å². The number of imidazole rings is 1. The lowest BCUT2D eigenvalue weighted by Crippen LogP contribution is -2.15. The zero-order valence-corrected chi connectivity index (χ0v) is 13.0. The molecule has 0 aliphatic rings. The first-order chi connectivity index (χ1) is 9.63. The number of aryl methyl sites for hydroxylation is 1. The van der Waals surface area contributed by atoms with Crippen LogP contribution in [0.1, 0.15) is 58.2 Å². The van der Waals surface area contributed by atoms with Gasteiger partial charge in [0.05, 0.1) is 11.0 Å². The van der Waals surface area contributed by atoms with Crippen molar-refractivity contribution in [3.63, 3.8) is 0 Å². The lowest BCUT2D eigenvalue weighted by Gasteiger charge is -2.14. The zero-order valence-electron chi connectivity index (χ0n) is 13.0. The molecule has 3 nitrogen and oxygen atoms in total. The van der Waals surface area contributed by atoms with Crippen LogP contribution in [-0.2, 0) is 6.54 Å². The van der Waals surface area contributed by atoms with E-state index in [4.69, 9.17) is 10.7 Å². The van der Waals surface area contributed by atoms with E-state index in [2.05, 4.69) is 49.6 Å². The van der Waals surface area contributed by atoms with Gasteiger partial charge in [-0.15, -0.1) is 0 Å². The molecule has 2 aromatic rings. The Morgan fingerprint density at radius 1 is 1.20 bits per heavy atom. The van der Waals surface area contributed by atoms with Crippen molar-refractivity contribution in [3.05, 3.63) is 30.1 Å². The van der Waals surface area contributed by atoms with Gasteiger partial charge in [0, 0.05) is 18.5 Å². The molecule has 0 aliphatic carbocycles. The van der Waals surface area contributed by atoms with E-state index in [1.54, 1.807) is 0 Å². The summed E-state index contributed by atoms with van der Waals surface area (Å²) in [5.74, 6) is 1.73. The molecule has 2 rings (SSSR count). The van der Waals surface area contributed by atoms with Gasteiger partial charge in [0.1, 0.15) is 5.82 Å². The van der Waals surface area contributed by atoms with Gasteiger partial charge in [0.15, 0.2) is 0 Å². The van der Waals surface area contributed by atoms with Crippen LogP contribution in [0.3, 0.4) is 0 Å². The number of fused-ring (bicyclic) bond motifs is 1. The molecular formula is C17H27N3. The van der Waals surface area contributed by atoms with Crippen molar-refractivity contribution in [2.24, 2.45) is 5.73 Å². The predicted molar refractivity (Wildman–Crippen MR) is 85.9 cm³/mol. The Balaban J connectivity index is 2.21. The molecule has 0 aliphatic heterocycles. The van der Waals surface area contributed by atoms with Crippen molar-refractivity contribution < 1.29 is 0 Å². The molecule has 1 heterocycles. The number of hydrogen-bond acceptors (Lipinski definition) is 2. The Labute approximate surface area is 122 Å². The second-order valence-electron chi connectivity index (χ2n) is 5.92. The molecular weight excluding hydrogens is 246 g/mol. The van der Waals surface area contributed by atoms with Crippen molar-refractivity contribution in [3.8, 4) is 0 Å². The third kappa shape index (κ3) is 3.40. The van der Waals surface area contributed by atoms with E-state index in [0.717, 1.165) is 31.3 Å². The van der Waals surface area contributed by atoms with Gasteiger partial charge in [-0.05, 0) is 38.3 Å². The van der Waals surface area contributed by atoms with E-state index in [1.807, 2.05) is 0 Å². The smallest absolute Gasteiger partial charge is 0.112 e. The predicted octanol–water partition coefficient (Wildman–Crippen LogP) is 4.07. The molecule has 3 heteroatoms. The largest absolute Gasteiger partial charge is 0.328 e. The number of aromatic nitrogens is 2. The average molecular weight is 273 g/mol. The normalized spacial score (nSPS) is 14.6. The van der Waals surface area contributed by atoms with Gasteiger partial charge >= 0.3 is 0 Å². The highest BCUT2D eigenvalue weighted by Gasteiger charge is 2.15. The van der Waals surface area contributed by atoms with Crippen LogP contribution in [0.2, 0.25) is 0 Å². The van der Waals surface area contributed by atoms with Crippen LogP contribution in [0.5, 0.6) is 0 Å². The third-order valence-electron chi connectivity index (χ3n) is 3.87. The van der Waals surface area contributed by atoms with Crippen molar-refractivity contribution in [1.82, 2.24) is 9.55 Å². The van der Waals surface area contributed by atoms with Crippen molar-refractivity contribution >= 4 is 11.0 Å². The van der Waals surface area contributed by atoms with Gasteiger partial charge in [0.25, 0.3) is 0 Å². The summed E-state index contributed by atoms with van der Waals surface area (Å²) in [7, 11) is 0. The van der Waals surface area contributed by atoms with Crippen LogP contribution in [0.15, 0.2) is 24.3 Å². The van der Waals surface area contributed by atoms with Crippen LogP contribution in [0.4, 0.5) is 0 Å². The molecule has 0 saturated carbocycles. The van der Waals surface area contributed by atoms with Gasteiger partial charge in [-0.2, -0.15) is 0 Å². The van der Waals surface area contributed by atoms with Crippen LogP contribution in [0, 0.1) is 0 Å². The zero-order chi connectivity index (χ0) is 14.5. The lowest BCUT2D eigenvalue weighted by molar-refractivity contribution is 0.522. The Morgan fingerprint density at radius 3 is 2.65 bits per heavy atom. The van der Waals surface area contributed by atoms with E-state index in [-0.39, 0.29) is 0 Å². The summed E-state index contributed by atoms with van der Waals surface area (Å²) in [6.07, 6.45) is 4.57. The molecule has 0 saturated heterocycles. The summed E-state index contributed by atoms with van der Waals surface area (Å²) < 4.78 is 2.39. The minimum atomic E-state index is 0.302. The van der Waals surface area contributed by atoms with Gasteiger partial charge in [-0.3, -0.25) is 0 Å². The quantitative estimate of drug-likeness (QED) is 0.826. The molecule has 1 aromatic carbocycles. The highest BCUT2D eigenvalue weighted by Crippen LogP contribution is 2.26. The molecule has 2 unspecified atom stereocenters. The maximum atomic E-state index is 5.84. The molecule has 110 valence electrons. The number of hydrogen-bond donors (Lipinski definition) is 1. The SMILES string of the molecule is CCCn1c(C(C)CCCC(C)N)nc2ccccc21. The summed E-state index contributed by atoms with van der Waals surface area (Å²) >= 11 is 0. The summed E-state index contributed by atoms with van der Waals surface area (Å²) in [6, 6.07) is 8.75. The number of nitrogens with zero attached hydrogens (tertiary/aromatic N) is 2. The number of rotatable bonds is 7. The van der Waals surface area contributed by atoms with Crippen molar-refractivity contribution in [2.45, 2.75) is 65.0 Å². The fourth-order valence-corrected chi connectivity index (χ4v) is 2.80. The number of nitrogens with two attached hydrogens (primary N) is 1. The van der Waals surface area contributed by atoms with Gasteiger partial charge < -0.3 is 10.3 Å². The fraction of sp³-hybridized carbons (Fsp3) is 0.588. The van der Waals surface area contributed by atoms with E-state index in [1.165, 1.54) is 17.8 Å². The van der Waals surface area contributed by atoms with E-state index in [0.29, 0.717) is 12.0 Å². The van der Waals surface area contributed by atoms with Gasteiger partial charge in [0.2, 0.25) is 0 Å². The minimum Gasteiger partial charge on any atom is -0.328 e. The summed E-state index contributed by atoms with van der Waals surface area (Å²) in [5, 5.41) is 0. The first-order valence-electron chi connectivity index (χ1n) is 7.84.